The van der Waals surface area contributed by atoms with Gasteiger partial charge in [-0.25, -0.2) is 0 Å². The van der Waals surface area contributed by atoms with E-state index in [0.29, 0.717) is 0 Å². The summed E-state index contributed by atoms with van der Waals surface area (Å²) in [5.74, 6) is 3.05. The third-order valence-corrected chi connectivity index (χ3v) is 2.81. The van der Waals surface area contributed by atoms with Crippen LogP contribution in [-0.4, -0.2) is 0 Å². The largest absolute Gasteiger partial charge is 0.0651 e. The Labute approximate surface area is 58.7 Å². The Morgan fingerprint density at radius 1 is 1.22 bits per heavy atom. The minimum absolute atomic E-state index is 1.00. The summed E-state index contributed by atoms with van der Waals surface area (Å²) in [5, 5.41) is 0. The number of hydrogen-bond acceptors (Lipinski definition) is 0. The Kier molecular flexibility index (Phi) is 2.15. The van der Waals surface area contributed by atoms with Crippen molar-refractivity contribution in [3.05, 3.63) is 0 Å². The summed E-state index contributed by atoms with van der Waals surface area (Å²) in [7, 11) is 0. The van der Waals surface area contributed by atoms with Crippen LogP contribution in [0.15, 0.2) is 0 Å². The molecule has 1 unspecified atom stereocenters. The van der Waals surface area contributed by atoms with E-state index in [0.717, 1.165) is 17.8 Å². The molecule has 0 aromatic heterocycles. The van der Waals surface area contributed by atoms with Crippen molar-refractivity contribution in [1.82, 2.24) is 0 Å². The minimum atomic E-state index is 1.00. The molecule has 0 aromatic rings. The van der Waals surface area contributed by atoms with E-state index in [1.807, 2.05) is 0 Å². The van der Waals surface area contributed by atoms with Gasteiger partial charge in [-0.1, -0.05) is 27.2 Å². The molecule has 0 N–H and O–H groups in total. The third kappa shape index (κ3) is 1.47. The molecule has 3 atom stereocenters. The summed E-state index contributed by atoms with van der Waals surface area (Å²) >= 11 is 0. The Hall–Kier alpha value is 0. The maximum Gasteiger partial charge on any atom is -0.0388 e. The van der Waals surface area contributed by atoms with E-state index in [1.54, 1.807) is 0 Å². The van der Waals surface area contributed by atoms with Crippen LogP contribution in [0.25, 0.3) is 0 Å². The zero-order valence-corrected chi connectivity index (χ0v) is 6.85. The van der Waals surface area contributed by atoms with Gasteiger partial charge in [0.25, 0.3) is 0 Å². The Bertz CT molecular complexity index is 86.0. The van der Waals surface area contributed by atoms with Gasteiger partial charge in [-0.15, -0.1) is 0 Å². The van der Waals surface area contributed by atoms with Crippen molar-refractivity contribution in [3.8, 4) is 0 Å². The molecule has 0 aromatic carbocycles. The molecule has 0 spiro atoms. The fraction of sp³-hybridized carbons (Fsp3) is 1.00. The molecular formula is C9H18. The molecule has 1 aliphatic carbocycles. The van der Waals surface area contributed by atoms with Gasteiger partial charge >= 0.3 is 0 Å². The zero-order chi connectivity index (χ0) is 6.85. The lowest BCUT2D eigenvalue weighted by Gasteiger charge is -2.10. The molecule has 0 radical (unpaired) electrons. The quantitative estimate of drug-likeness (QED) is 0.506. The van der Waals surface area contributed by atoms with Crippen molar-refractivity contribution in [2.45, 2.75) is 40.0 Å². The summed E-state index contributed by atoms with van der Waals surface area (Å²) < 4.78 is 0. The topological polar surface area (TPSA) is 0 Å². The third-order valence-electron chi connectivity index (χ3n) is 2.81. The molecule has 0 saturated heterocycles. The van der Waals surface area contributed by atoms with Crippen LogP contribution in [0, 0.1) is 17.8 Å². The van der Waals surface area contributed by atoms with Gasteiger partial charge in [-0.2, -0.15) is 0 Å². The summed E-state index contributed by atoms with van der Waals surface area (Å²) in [4.78, 5) is 0. The molecule has 0 bridgehead atoms. The van der Waals surface area contributed by atoms with Crippen LogP contribution in [0.2, 0.25) is 0 Å². The normalized spacial score (nSPS) is 43.7. The minimum Gasteiger partial charge on any atom is -0.0651 e. The van der Waals surface area contributed by atoms with Crippen LogP contribution in [0.1, 0.15) is 40.0 Å². The Morgan fingerprint density at radius 3 is 2.11 bits per heavy atom. The van der Waals surface area contributed by atoms with Crippen LogP contribution in [0.5, 0.6) is 0 Å². The zero-order valence-electron chi connectivity index (χ0n) is 6.85. The molecular weight excluding hydrogens is 108 g/mol. The Morgan fingerprint density at radius 2 is 1.89 bits per heavy atom. The van der Waals surface area contributed by atoms with Crippen molar-refractivity contribution in [1.29, 1.82) is 0 Å². The van der Waals surface area contributed by atoms with Gasteiger partial charge in [0.2, 0.25) is 0 Å². The van der Waals surface area contributed by atoms with Crippen LogP contribution >= 0.6 is 0 Å². The fourth-order valence-electron chi connectivity index (χ4n) is 2.24. The second-order valence-electron chi connectivity index (χ2n) is 3.72. The van der Waals surface area contributed by atoms with Crippen molar-refractivity contribution in [2.75, 3.05) is 0 Å². The average molecular weight is 126 g/mol. The molecule has 0 nitrogen and oxygen atoms in total. The second-order valence-corrected chi connectivity index (χ2v) is 3.72. The number of rotatable bonds is 1. The van der Waals surface area contributed by atoms with Crippen LogP contribution in [-0.2, 0) is 0 Å². The van der Waals surface area contributed by atoms with Crippen molar-refractivity contribution >= 4 is 0 Å². The maximum atomic E-state index is 2.40. The van der Waals surface area contributed by atoms with Gasteiger partial charge in [0.1, 0.15) is 0 Å². The lowest BCUT2D eigenvalue weighted by Crippen LogP contribution is -2.00. The van der Waals surface area contributed by atoms with E-state index in [4.69, 9.17) is 0 Å². The summed E-state index contributed by atoms with van der Waals surface area (Å²) in [6, 6.07) is 0. The molecule has 0 heterocycles. The molecule has 1 rings (SSSR count). The van der Waals surface area contributed by atoms with Gasteiger partial charge in [0.15, 0.2) is 0 Å². The van der Waals surface area contributed by atoms with Crippen molar-refractivity contribution < 1.29 is 0 Å². The second kappa shape index (κ2) is 2.72. The van der Waals surface area contributed by atoms with E-state index in [9.17, 15) is 0 Å². The predicted octanol–water partition coefficient (Wildman–Crippen LogP) is 3.08. The van der Waals surface area contributed by atoms with E-state index in [2.05, 4.69) is 20.8 Å². The fourth-order valence-corrected chi connectivity index (χ4v) is 2.24. The van der Waals surface area contributed by atoms with E-state index in [-0.39, 0.29) is 0 Å². The monoisotopic (exact) mass is 126 g/mol. The lowest BCUT2D eigenvalue weighted by molar-refractivity contribution is 0.406. The molecule has 54 valence electrons. The molecule has 9 heavy (non-hydrogen) atoms. The Balaban J connectivity index is 2.38. The highest BCUT2D eigenvalue weighted by Gasteiger charge is 2.26. The van der Waals surface area contributed by atoms with Gasteiger partial charge < -0.3 is 0 Å². The first-order valence-corrected chi connectivity index (χ1v) is 4.24. The molecule has 1 saturated carbocycles. The molecule has 0 heteroatoms. The molecule has 1 fully saturated rings. The maximum absolute atomic E-state index is 2.40. The molecule has 0 amide bonds. The summed E-state index contributed by atoms with van der Waals surface area (Å²) in [6.07, 6.45) is 4.35. The van der Waals surface area contributed by atoms with Crippen LogP contribution in [0.3, 0.4) is 0 Å². The first kappa shape index (κ1) is 7.11. The van der Waals surface area contributed by atoms with E-state index >= 15 is 0 Å². The first-order valence-electron chi connectivity index (χ1n) is 4.24. The van der Waals surface area contributed by atoms with Crippen molar-refractivity contribution in [3.63, 3.8) is 0 Å². The van der Waals surface area contributed by atoms with Gasteiger partial charge in [0.05, 0.1) is 0 Å². The van der Waals surface area contributed by atoms with Gasteiger partial charge in [-0.05, 0) is 30.6 Å². The lowest BCUT2D eigenvalue weighted by atomic mass is 9.96. The van der Waals surface area contributed by atoms with E-state index < -0.39 is 0 Å². The summed E-state index contributed by atoms with van der Waals surface area (Å²) in [6.45, 7) is 7.10. The van der Waals surface area contributed by atoms with Crippen LogP contribution in [0.4, 0.5) is 0 Å². The SMILES string of the molecule is CC[C@H]1CC(C)C[C@@H]1C. The molecule has 1 aliphatic rings. The first-order chi connectivity index (χ1) is 4.24. The highest BCUT2D eigenvalue weighted by molar-refractivity contribution is 4.77. The van der Waals surface area contributed by atoms with Crippen molar-refractivity contribution in [2.24, 2.45) is 17.8 Å². The van der Waals surface area contributed by atoms with Gasteiger partial charge in [-0.3, -0.25) is 0 Å². The standard InChI is InChI=1S/C9H18/c1-4-9-6-7(2)5-8(9)3/h7-9H,4-6H2,1-3H3/t7?,8-,9-/m0/s1. The highest BCUT2D eigenvalue weighted by atomic mass is 14.3. The number of hydrogen-bond donors (Lipinski definition) is 0. The highest BCUT2D eigenvalue weighted by Crippen LogP contribution is 2.37. The predicted molar refractivity (Wildman–Crippen MR) is 41.3 cm³/mol. The van der Waals surface area contributed by atoms with Gasteiger partial charge in [0, 0.05) is 0 Å². The summed E-state index contributed by atoms with van der Waals surface area (Å²) in [5.41, 5.74) is 0. The average Bonchev–Trinajstić information content (AvgIpc) is 2.10. The van der Waals surface area contributed by atoms with E-state index in [1.165, 1.54) is 19.3 Å². The molecule has 0 aliphatic heterocycles. The van der Waals surface area contributed by atoms with Crippen LogP contribution < -0.4 is 0 Å². The smallest absolute Gasteiger partial charge is 0.0388 e.